The maximum atomic E-state index is 5.37. The molecule has 0 atom stereocenters. The molecule has 1 N–H and O–H groups in total. The topological polar surface area (TPSA) is 79.0 Å². The zero-order valence-electron chi connectivity index (χ0n) is 18.1. The second-order valence-corrected chi connectivity index (χ2v) is 8.11. The van der Waals surface area contributed by atoms with E-state index in [0.717, 1.165) is 44.4 Å². The molecule has 0 radical (unpaired) electrons. The Balaban J connectivity index is 1.62. The molecule has 2 aromatic rings. The molecule has 1 fully saturated rings. The minimum Gasteiger partial charge on any atom is -0.497 e. The Kier molecular flexibility index (Phi) is 6.61. The summed E-state index contributed by atoms with van der Waals surface area (Å²) in [6.07, 6.45) is 0. The lowest BCUT2D eigenvalue weighted by Crippen LogP contribution is -2.52. The fourth-order valence-electron chi connectivity index (χ4n) is 3.18. The maximum Gasteiger partial charge on any atom is 0.232 e. The van der Waals surface area contributed by atoms with Crippen LogP contribution in [0, 0.1) is 0 Å². The fraction of sp³-hybridized carbons (Fsp3) is 0.571. The van der Waals surface area contributed by atoms with Gasteiger partial charge in [-0.3, -0.25) is 0 Å². The molecular formula is C21H32N6O2. The third kappa shape index (κ3) is 5.40. The van der Waals surface area contributed by atoms with Crippen LogP contribution in [0.5, 0.6) is 5.75 Å². The zero-order valence-corrected chi connectivity index (χ0v) is 18.1. The highest BCUT2D eigenvalue weighted by molar-refractivity contribution is 5.80. The van der Waals surface area contributed by atoms with Crippen molar-refractivity contribution < 1.29 is 9.26 Å². The molecule has 0 saturated carbocycles. The second kappa shape index (κ2) is 9.15. The lowest BCUT2D eigenvalue weighted by molar-refractivity contribution is 0.318. The van der Waals surface area contributed by atoms with Gasteiger partial charge in [-0.1, -0.05) is 32.0 Å². The second-order valence-electron chi connectivity index (χ2n) is 8.11. The number of guanidine groups is 1. The van der Waals surface area contributed by atoms with E-state index < -0.39 is 0 Å². The van der Waals surface area contributed by atoms with E-state index >= 15 is 0 Å². The number of nitrogens with one attached hydrogen (secondary N) is 1. The molecule has 1 aliphatic rings. The first-order chi connectivity index (χ1) is 13.9. The number of aromatic nitrogens is 2. The Morgan fingerprint density at radius 3 is 2.62 bits per heavy atom. The number of piperazine rings is 1. The summed E-state index contributed by atoms with van der Waals surface area (Å²) in [5, 5.41) is 7.45. The number of hydrogen-bond donors (Lipinski definition) is 1. The summed E-state index contributed by atoms with van der Waals surface area (Å²) in [5.41, 5.74) is 1.03. The van der Waals surface area contributed by atoms with Crippen molar-refractivity contribution in [3.05, 3.63) is 36.0 Å². The standard InChI is InChI=1S/C21H32N6O2/c1-6-22-20(23-15-18-24-19(29-25-18)21(2,3)4)27-12-10-26(11-13-27)16-8-7-9-17(14-16)28-5/h7-9,14H,6,10-13,15H2,1-5H3,(H,22,23). The number of rotatable bonds is 5. The van der Waals surface area contributed by atoms with Gasteiger partial charge in [-0.05, 0) is 19.1 Å². The minimum atomic E-state index is -0.157. The molecule has 3 rings (SSSR count). The van der Waals surface area contributed by atoms with E-state index in [-0.39, 0.29) is 5.41 Å². The van der Waals surface area contributed by atoms with Crippen molar-refractivity contribution in [2.45, 2.75) is 39.7 Å². The molecule has 2 heterocycles. The Labute approximate surface area is 172 Å². The van der Waals surface area contributed by atoms with Gasteiger partial charge in [-0.25, -0.2) is 4.99 Å². The van der Waals surface area contributed by atoms with Crippen molar-refractivity contribution >= 4 is 11.6 Å². The van der Waals surface area contributed by atoms with Gasteiger partial charge in [0.05, 0.1) is 7.11 Å². The molecule has 1 aromatic heterocycles. The van der Waals surface area contributed by atoms with Crippen LogP contribution in [-0.2, 0) is 12.0 Å². The minimum absolute atomic E-state index is 0.157. The van der Waals surface area contributed by atoms with Crippen molar-refractivity contribution in [1.29, 1.82) is 0 Å². The average Bonchev–Trinajstić information content (AvgIpc) is 3.21. The molecule has 0 bridgehead atoms. The van der Waals surface area contributed by atoms with Crippen molar-refractivity contribution in [3.8, 4) is 5.75 Å². The Morgan fingerprint density at radius 2 is 2.00 bits per heavy atom. The third-order valence-electron chi connectivity index (χ3n) is 4.81. The maximum absolute atomic E-state index is 5.37. The molecule has 8 heteroatoms. The van der Waals surface area contributed by atoms with Gasteiger partial charge in [-0.2, -0.15) is 4.98 Å². The molecule has 1 aliphatic heterocycles. The van der Waals surface area contributed by atoms with E-state index in [1.807, 2.05) is 12.1 Å². The summed E-state index contributed by atoms with van der Waals surface area (Å²) in [5.74, 6) is 3.02. The molecule has 0 aliphatic carbocycles. The zero-order chi connectivity index (χ0) is 20.9. The van der Waals surface area contributed by atoms with Gasteiger partial charge in [0.2, 0.25) is 5.89 Å². The van der Waals surface area contributed by atoms with E-state index in [1.165, 1.54) is 5.69 Å². The highest BCUT2D eigenvalue weighted by Gasteiger charge is 2.23. The predicted octanol–water partition coefficient (Wildman–Crippen LogP) is 2.66. The van der Waals surface area contributed by atoms with E-state index in [0.29, 0.717) is 18.3 Å². The van der Waals surface area contributed by atoms with Crippen molar-refractivity contribution in [2.75, 3.05) is 44.7 Å². The van der Waals surface area contributed by atoms with Crippen LogP contribution in [0.3, 0.4) is 0 Å². The van der Waals surface area contributed by atoms with Crippen LogP contribution in [0.25, 0.3) is 0 Å². The van der Waals surface area contributed by atoms with Crippen molar-refractivity contribution in [2.24, 2.45) is 4.99 Å². The first kappa shape index (κ1) is 21.0. The van der Waals surface area contributed by atoms with E-state index in [2.05, 4.69) is 65.1 Å². The molecule has 8 nitrogen and oxygen atoms in total. The van der Waals surface area contributed by atoms with Crippen LogP contribution >= 0.6 is 0 Å². The molecule has 1 saturated heterocycles. The SMILES string of the molecule is CCNC(=NCc1noc(C(C)(C)C)n1)N1CCN(c2cccc(OC)c2)CC1. The van der Waals surface area contributed by atoms with Gasteiger partial charge in [0.15, 0.2) is 11.8 Å². The first-order valence-corrected chi connectivity index (χ1v) is 10.2. The van der Waals surface area contributed by atoms with Crippen molar-refractivity contribution in [1.82, 2.24) is 20.4 Å². The molecule has 29 heavy (non-hydrogen) atoms. The lowest BCUT2D eigenvalue weighted by Gasteiger charge is -2.37. The van der Waals surface area contributed by atoms with Crippen LogP contribution in [0.15, 0.2) is 33.8 Å². The Morgan fingerprint density at radius 1 is 1.24 bits per heavy atom. The number of benzene rings is 1. The first-order valence-electron chi connectivity index (χ1n) is 10.2. The summed E-state index contributed by atoms with van der Waals surface area (Å²) in [6, 6.07) is 8.21. The lowest BCUT2D eigenvalue weighted by atomic mass is 9.97. The summed E-state index contributed by atoms with van der Waals surface area (Å²) in [7, 11) is 1.70. The smallest absolute Gasteiger partial charge is 0.232 e. The molecular weight excluding hydrogens is 368 g/mol. The summed E-state index contributed by atoms with van der Waals surface area (Å²) < 4.78 is 10.7. The predicted molar refractivity (Wildman–Crippen MR) is 115 cm³/mol. The van der Waals surface area contributed by atoms with Crippen molar-refractivity contribution in [3.63, 3.8) is 0 Å². The number of nitrogens with zero attached hydrogens (tertiary/aromatic N) is 5. The molecule has 1 aromatic carbocycles. The van der Waals surface area contributed by atoms with E-state index in [1.54, 1.807) is 7.11 Å². The number of aliphatic imine (C=N–C) groups is 1. The number of ether oxygens (including phenoxy) is 1. The van der Waals surface area contributed by atoms with E-state index in [4.69, 9.17) is 14.3 Å². The van der Waals surface area contributed by atoms with Crippen LogP contribution in [0.2, 0.25) is 0 Å². The number of anilines is 1. The quantitative estimate of drug-likeness (QED) is 0.610. The highest BCUT2D eigenvalue weighted by Crippen LogP contribution is 2.22. The third-order valence-corrected chi connectivity index (χ3v) is 4.81. The van der Waals surface area contributed by atoms with Gasteiger partial charge >= 0.3 is 0 Å². The Hall–Kier alpha value is -2.77. The number of hydrogen-bond acceptors (Lipinski definition) is 6. The van der Waals surface area contributed by atoms with Crippen LogP contribution in [0.1, 0.15) is 39.4 Å². The van der Waals surface area contributed by atoms with Crippen LogP contribution in [-0.4, -0.2) is 60.8 Å². The van der Waals surface area contributed by atoms with Crippen LogP contribution < -0.4 is 15.0 Å². The molecule has 0 spiro atoms. The number of methoxy groups -OCH3 is 1. The van der Waals surface area contributed by atoms with Crippen LogP contribution in [0.4, 0.5) is 5.69 Å². The van der Waals surface area contributed by atoms with E-state index in [9.17, 15) is 0 Å². The summed E-state index contributed by atoms with van der Waals surface area (Å²) in [6.45, 7) is 13.1. The molecule has 158 valence electrons. The van der Waals surface area contributed by atoms with Gasteiger partial charge in [0, 0.05) is 49.9 Å². The normalized spacial score (nSPS) is 15.6. The Bertz CT molecular complexity index is 819. The highest BCUT2D eigenvalue weighted by atomic mass is 16.5. The van der Waals surface area contributed by atoms with Gasteiger partial charge in [0.25, 0.3) is 0 Å². The monoisotopic (exact) mass is 400 g/mol. The van der Waals surface area contributed by atoms with Gasteiger partial charge in [-0.15, -0.1) is 0 Å². The molecule has 0 amide bonds. The summed E-state index contributed by atoms with van der Waals surface area (Å²) >= 11 is 0. The average molecular weight is 401 g/mol. The summed E-state index contributed by atoms with van der Waals surface area (Å²) in [4.78, 5) is 13.9. The molecule has 0 unspecified atom stereocenters. The van der Waals surface area contributed by atoms with Gasteiger partial charge < -0.3 is 24.4 Å². The fourth-order valence-corrected chi connectivity index (χ4v) is 3.18. The van der Waals surface area contributed by atoms with Gasteiger partial charge in [0.1, 0.15) is 12.3 Å². The largest absolute Gasteiger partial charge is 0.497 e.